The van der Waals surface area contributed by atoms with Crippen LogP contribution in [0.5, 0.6) is 0 Å². The summed E-state index contributed by atoms with van der Waals surface area (Å²) in [6.07, 6.45) is 3.31. The quantitative estimate of drug-likeness (QED) is 0.840. The molecule has 2 fully saturated rings. The maximum Gasteiger partial charge on any atom is 0.326 e. The smallest absolute Gasteiger partial charge is 0.326 e. The number of carbonyl (C=O) groups excluding carboxylic acids is 1. The minimum Gasteiger partial charge on any atom is -0.480 e. The summed E-state index contributed by atoms with van der Waals surface area (Å²) < 4.78 is 5.33. The minimum atomic E-state index is -0.914. The molecule has 0 aromatic carbocycles. The van der Waals surface area contributed by atoms with E-state index in [2.05, 4.69) is 4.98 Å². The van der Waals surface area contributed by atoms with Crippen LogP contribution in [0.3, 0.4) is 0 Å². The van der Waals surface area contributed by atoms with Gasteiger partial charge in [-0.25, -0.2) is 0 Å². The zero-order valence-corrected chi connectivity index (χ0v) is 13.7. The van der Waals surface area contributed by atoms with Gasteiger partial charge in [0, 0.05) is 57.5 Å². The molecule has 1 atom stereocenters. The van der Waals surface area contributed by atoms with Crippen molar-refractivity contribution in [3.8, 4) is 0 Å². The molecule has 7 heteroatoms. The summed E-state index contributed by atoms with van der Waals surface area (Å²) in [5, 5.41) is 9.59. The fourth-order valence-corrected chi connectivity index (χ4v) is 3.43. The standard InChI is InChI=1S/C17H23N3O4/c21-15(5-4-14-3-1-2-7-18-14)19-8-10-20(11-9-19)17(16(22)23)6-12-24-13-17/h1-3,7H,4-6,8-13H2,(H,22,23). The molecule has 0 radical (unpaired) electrons. The van der Waals surface area contributed by atoms with Gasteiger partial charge in [0.1, 0.15) is 5.54 Å². The van der Waals surface area contributed by atoms with Gasteiger partial charge in [0.15, 0.2) is 0 Å². The lowest BCUT2D eigenvalue weighted by molar-refractivity contribution is -0.154. The number of rotatable bonds is 5. The molecule has 2 aliphatic rings. The number of ether oxygens (including phenoxy) is 1. The highest BCUT2D eigenvalue weighted by Crippen LogP contribution is 2.28. The SMILES string of the molecule is O=C(CCc1ccccn1)N1CCN(C2(C(=O)O)CCOC2)CC1. The number of piperazine rings is 1. The lowest BCUT2D eigenvalue weighted by atomic mass is 9.95. The fourth-order valence-electron chi connectivity index (χ4n) is 3.43. The Labute approximate surface area is 141 Å². The average Bonchev–Trinajstić information content (AvgIpc) is 3.12. The second-order valence-corrected chi connectivity index (χ2v) is 6.33. The van der Waals surface area contributed by atoms with Crippen molar-refractivity contribution in [3.63, 3.8) is 0 Å². The first kappa shape index (κ1) is 16.9. The first-order chi connectivity index (χ1) is 11.6. The van der Waals surface area contributed by atoms with Crippen molar-refractivity contribution in [1.29, 1.82) is 0 Å². The summed E-state index contributed by atoms with van der Waals surface area (Å²) in [7, 11) is 0. The highest BCUT2D eigenvalue weighted by atomic mass is 16.5. The number of carboxylic acid groups (broad SMARTS) is 1. The van der Waals surface area contributed by atoms with Crippen LogP contribution in [0.1, 0.15) is 18.5 Å². The molecule has 2 saturated heterocycles. The van der Waals surface area contributed by atoms with Crippen molar-refractivity contribution in [2.24, 2.45) is 0 Å². The Morgan fingerprint density at radius 2 is 2.04 bits per heavy atom. The summed E-state index contributed by atoms with van der Waals surface area (Å²) in [4.78, 5) is 32.1. The number of amides is 1. The molecule has 130 valence electrons. The molecule has 24 heavy (non-hydrogen) atoms. The Balaban J connectivity index is 1.51. The molecule has 1 aromatic heterocycles. The van der Waals surface area contributed by atoms with E-state index in [0.29, 0.717) is 52.0 Å². The predicted octanol–water partition coefficient (Wildman–Crippen LogP) is 0.402. The number of aryl methyl sites for hydroxylation is 1. The molecule has 1 N–H and O–H groups in total. The van der Waals surface area contributed by atoms with Crippen LogP contribution >= 0.6 is 0 Å². The van der Waals surface area contributed by atoms with Gasteiger partial charge in [-0.05, 0) is 18.6 Å². The van der Waals surface area contributed by atoms with E-state index in [9.17, 15) is 14.7 Å². The van der Waals surface area contributed by atoms with Crippen molar-refractivity contribution in [1.82, 2.24) is 14.8 Å². The van der Waals surface area contributed by atoms with Crippen molar-refractivity contribution in [3.05, 3.63) is 30.1 Å². The van der Waals surface area contributed by atoms with E-state index in [1.807, 2.05) is 28.0 Å². The molecule has 7 nitrogen and oxygen atoms in total. The number of hydrogen-bond acceptors (Lipinski definition) is 5. The monoisotopic (exact) mass is 333 g/mol. The molecule has 3 rings (SSSR count). The van der Waals surface area contributed by atoms with Gasteiger partial charge in [0.05, 0.1) is 6.61 Å². The maximum absolute atomic E-state index is 12.4. The third-order valence-electron chi connectivity index (χ3n) is 4.96. The van der Waals surface area contributed by atoms with Gasteiger partial charge < -0.3 is 14.7 Å². The van der Waals surface area contributed by atoms with E-state index >= 15 is 0 Å². The molecule has 0 saturated carbocycles. The molecule has 0 spiro atoms. The Morgan fingerprint density at radius 3 is 2.62 bits per heavy atom. The van der Waals surface area contributed by atoms with Crippen LogP contribution in [0.2, 0.25) is 0 Å². The molecule has 1 amide bonds. The fraction of sp³-hybridized carbons (Fsp3) is 0.588. The van der Waals surface area contributed by atoms with Crippen molar-refractivity contribution < 1.29 is 19.4 Å². The van der Waals surface area contributed by atoms with Gasteiger partial charge in [-0.3, -0.25) is 19.5 Å². The van der Waals surface area contributed by atoms with Gasteiger partial charge in [-0.2, -0.15) is 0 Å². The molecule has 3 heterocycles. The number of hydrogen-bond donors (Lipinski definition) is 1. The Bertz CT molecular complexity index is 579. The minimum absolute atomic E-state index is 0.104. The summed E-state index contributed by atoms with van der Waals surface area (Å²) in [5.41, 5.74) is 0.000683. The molecule has 0 aliphatic carbocycles. The van der Waals surface area contributed by atoms with Gasteiger partial charge in [0.25, 0.3) is 0 Å². The number of aliphatic carboxylic acids is 1. The molecular weight excluding hydrogens is 310 g/mol. The van der Waals surface area contributed by atoms with Crippen molar-refractivity contribution in [2.75, 3.05) is 39.4 Å². The van der Waals surface area contributed by atoms with Crippen LogP contribution < -0.4 is 0 Å². The van der Waals surface area contributed by atoms with Gasteiger partial charge in [0.2, 0.25) is 5.91 Å². The van der Waals surface area contributed by atoms with Gasteiger partial charge >= 0.3 is 5.97 Å². The Hall–Kier alpha value is -1.99. The predicted molar refractivity (Wildman–Crippen MR) is 86.5 cm³/mol. The second-order valence-electron chi connectivity index (χ2n) is 6.33. The van der Waals surface area contributed by atoms with Crippen molar-refractivity contribution >= 4 is 11.9 Å². The first-order valence-corrected chi connectivity index (χ1v) is 8.36. The zero-order chi connectivity index (χ0) is 17.0. The zero-order valence-electron chi connectivity index (χ0n) is 13.7. The Kier molecular flexibility index (Phi) is 5.11. The van der Waals surface area contributed by atoms with E-state index in [1.165, 1.54) is 0 Å². The van der Waals surface area contributed by atoms with E-state index in [4.69, 9.17) is 4.74 Å². The van der Waals surface area contributed by atoms with E-state index in [1.54, 1.807) is 6.20 Å². The third-order valence-corrected chi connectivity index (χ3v) is 4.96. The third kappa shape index (κ3) is 3.42. The maximum atomic E-state index is 12.4. The highest BCUT2D eigenvalue weighted by Gasteiger charge is 2.48. The highest BCUT2D eigenvalue weighted by molar-refractivity contribution is 5.80. The van der Waals surface area contributed by atoms with Crippen LogP contribution in [0.25, 0.3) is 0 Å². The lowest BCUT2D eigenvalue weighted by Crippen LogP contribution is -2.61. The number of pyridine rings is 1. The summed E-state index contributed by atoms with van der Waals surface area (Å²) in [5.74, 6) is -0.720. The van der Waals surface area contributed by atoms with Crippen LogP contribution in [0.15, 0.2) is 24.4 Å². The van der Waals surface area contributed by atoms with Gasteiger partial charge in [-0.15, -0.1) is 0 Å². The van der Waals surface area contributed by atoms with E-state index in [-0.39, 0.29) is 12.5 Å². The largest absolute Gasteiger partial charge is 0.480 e. The normalized spacial score (nSPS) is 24.9. The Morgan fingerprint density at radius 1 is 1.25 bits per heavy atom. The van der Waals surface area contributed by atoms with E-state index < -0.39 is 11.5 Å². The van der Waals surface area contributed by atoms with Crippen LogP contribution in [-0.2, 0) is 20.7 Å². The number of aromatic nitrogens is 1. The number of nitrogens with zero attached hydrogens (tertiary/aromatic N) is 3. The van der Waals surface area contributed by atoms with Crippen LogP contribution in [0.4, 0.5) is 0 Å². The topological polar surface area (TPSA) is 83.0 Å². The van der Waals surface area contributed by atoms with Crippen LogP contribution in [-0.4, -0.2) is 76.7 Å². The lowest BCUT2D eigenvalue weighted by Gasteiger charge is -2.42. The molecule has 0 bridgehead atoms. The molecule has 1 unspecified atom stereocenters. The average molecular weight is 333 g/mol. The molecular formula is C17H23N3O4. The summed E-state index contributed by atoms with van der Waals surface area (Å²) in [6, 6.07) is 5.69. The first-order valence-electron chi connectivity index (χ1n) is 8.36. The number of carbonyl (C=O) groups is 2. The summed E-state index contributed by atoms with van der Waals surface area (Å²) >= 11 is 0. The van der Waals surface area contributed by atoms with Gasteiger partial charge in [-0.1, -0.05) is 6.07 Å². The van der Waals surface area contributed by atoms with Crippen LogP contribution in [0, 0.1) is 0 Å². The number of carboxylic acids is 1. The van der Waals surface area contributed by atoms with E-state index in [0.717, 1.165) is 5.69 Å². The van der Waals surface area contributed by atoms with Crippen molar-refractivity contribution in [2.45, 2.75) is 24.8 Å². The molecule has 2 aliphatic heterocycles. The second kappa shape index (κ2) is 7.27. The molecule has 1 aromatic rings. The summed E-state index contributed by atoms with van der Waals surface area (Å²) in [6.45, 7) is 2.99.